The van der Waals surface area contributed by atoms with Crippen molar-refractivity contribution in [2.24, 2.45) is 5.10 Å². The molecule has 0 unspecified atom stereocenters. The SMILES string of the molecule is COc1cc(OC)c(OC)cc1/C=N/NC(=O)c1cc(C)nc2ccccc12. The fourth-order valence-corrected chi connectivity index (χ4v) is 2.87. The van der Waals surface area contributed by atoms with Gasteiger partial charge in [0.15, 0.2) is 11.5 Å². The van der Waals surface area contributed by atoms with Crippen LogP contribution in [0.4, 0.5) is 0 Å². The molecule has 0 radical (unpaired) electrons. The van der Waals surface area contributed by atoms with Crippen molar-refractivity contribution in [3.8, 4) is 17.2 Å². The van der Waals surface area contributed by atoms with Gasteiger partial charge in [0.1, 0.15) is 5.75 Å². The topological polar surface area (TPSA) is 82.0 Å². The number of nitrogens with one attached hydrogen (secondary N) is 1. The average Bonchev–Trinajstić information content (AvgIpc) is 2.72. The third-order valence-corrected chi connectivity index (χ3v) is 4.19. The van der Waals surface area contributed by atoms with E-state index in [9.17, 15) is 4.79 Å². The van der Waals surface area contributed by atoms with Gasteiger partial charge in [-0.2, -0.15) is 5.10 Å². The number of hydrogen-bond donors (Lipinski definition) is 1. The van der Waals surface area contributed by atoms with Crippen LogP contribution in [0.5, 0.6) is 17.2 Å². The summed E-state index contributed by atoms with van der Waals surface area (Å²) in [6, 6.07) is 12.6. The number of benzene rings is 2. The summed E-state index contributed by atoms with van der Waals surface area (Å²) in [5.74, 6) is 1.30. The van der Waals surface area contributed by atoms with Crippen LogP contribution in [0, 0.1) is 6.92 Å². The number of carbonyl (C=O) groups is 1. The summed E-state index contributed by atoms with van der Waals surface area (Å²) in [6.07, 6.45) is 1.49. The van der Waals surface area contributed by atoms with Crippen molar-refractivity contribution in [2.75, 3.05) is 21.3 Å². The number of carbonyl (C=O) groups excluding carboxylic acids is 1. The van der Waals surface area contributed by atoms with Gasteiger partial charge in [0.25, 0.3) is 5.91 Å². The zero-order chi connectivity index (χ0) is 20.1. The Hall–Kier alpha value is -3.61. The molecule has 0 aliphatic rings. The summed E-state index contributed by atoms with van der Waals surface area (Å²) in [5.41, 5.74) is 5.23. The van der Waals surface area contributed by atoms with Gasteiger partial charge in [0.05, 0.1) is 38.6 Å². The fourth-order valence-electron chi connectivity index (χ4n) is 2.87. The Morgan fingerprint density at radius 2 is 1.68 bits per heavy atom. The Bertz CT molecular complexity index is 1050. The largest absolute Gasteiger partial charge is 0.496 e. The molecule has 0 saturated heterocycles. The van der Waals surface area contributed by atoms with Gasteiger partial charge in [-0.25, -0.2) is 5.43 Å². The van der Waals surface area contributed by atoms with Crippen LogP contribution in [-0.4, -0.2) is 38.4 Å². The summed E-state index contributed by atoms with van der Waals surface area (Å²) >= 11 is 0. The molecular formula is C21H21N3O4. The van der Waals surface area contributed by atoms with Crippen molar-refractivity contribution >= 4 is 23.0 Å². The minimum atomic E-state index is -0.322. The number of methoxy groups -OCH3 is 3. The molecule has 0 bridgehead atoms. The zero-order valence-electron chi connectivity index (χ0n) is 16.1. The highest BCUT2D eigenvalue weighted by molar-refractivity contribution is 6.06. The van der Waals surface area contributed by atoms with Crippen molar-refractivity contribution in [3.63, 3.8) is 0 Å². The lowest BCUT2D eigenvalue weighted by Gasteiger charge is -2.11. The van der Waals surface area contributed by atoms with Crippen LogP contribution in [0.15, 0.2) is 47.6 Å². The van der Waals surface area contributed by atoms with E-state index in [1.807, 2.05) is 31.2 Å². The van der Waals surface area contributed by atoms with Gasteiger partial charge in [-0.15, -0.1) is 0 Å². The Morgan fingerprint density at radius 3 is 2.39 bits per heavy atom. The van der Waals surface area contributed by atoms with E-state index in [0.29, 0.717) is 28.4 Å². The van der Waals surface area contributed by atoms with E-state index in [-0.39, 0.29) is 5.91 Å². The van der Waals surface area contributed by atoms with E-state index in [1.165, 1.54) is 6.21 Å². The molecule has 0 atom stereocenters. The second kappa shape index (κ2) is 8.39. The van der Waals surface area contributed by atoms with E-state index in [4.69, 9.17) is 14.2 Å². The predicted molar refractivity (Wildman–Crippen MR) is 108 cm³/mol. The molecule has 3 aromatic rings. The number of hydrazone groups is 1. The fraction of sp³-hybridized carbons (Fsp3) is 0.190. The molecule has 7 heteroatoms. The molecule has 1 N–H and O–H groups in total. The molecule has 3 rings (SSSR count). The molecule has 7 nitrogen and oxygen atoms in total. The van der Waals surface area contributed by atoms with E-state index >= 15 is 0 Å². The van der Waals surface area contributed by atoms with Gasteiger partial charge < -0.3 is 14.2 Å². The minimum Gasteiger partial charge on any atom is -0.496 e. The van der Waals surface area contributed by atoms with Gasteiger partial charge in [0, 0.05) is 22.7 Å². The van der Waals surface area contributed by atoms with Crippen molar-refractivity contribution in [1.29, 1.82) is 0 Å². The first kappa shape index (κ1) is 19.2. The van der Waals surface area contributed by atoms with Crippen molar-refractivity contribution < 1.29 is 19.0 Å². The first-order chi connectivity index (χ1) is 13.6. The van der Waals surface area contributed by atoms with E-state index in [1.54, 1.807) is 39.5 Å². The number of para-hydroxylation sites is 1. The van der Waals surface area contributed by atoms with Crippen LogP contribution in [0.25, 0.3) is 10.9 Å². The molecule has 1 heterocycles. The molecule has 2 aromatic carbocycles. The Morgan fingerprint density at radius 1 is 1.00 bits per heavy atom. The second-order valence-electron chi connectivity index (χ2n) is 5.98. The third kappa shape index (κ3) is 3.88. The zero-order valence-corrected chi connectivity index (χ0v) is 16.1. The molecule has 28 heavy (non-hydrogen) atoms. The van der Waals surface area contributed by atoms with Gasteiger partial charge in [-0.1, -0.05) is 18.2 Å². The molecule has 1 amide bonds. The molecular weight excluding hydrogens is 358 g/mol. The van der Waals surface area contributed by atoms with Crippen molar-refractivity contribution in [3.05, 3.63) is 59.3 Å². The van der Waals surface area contributed by atoms with E-state index in [2.05, 4.69) is 15.5 Å². The van der Waals surface area contributed by atoms with Crippen molar-refractivity contribution in [1.82, 2.24) is 10.4 Å². The van der Waals surface area contributed by atoms with Gasteiger partial charge in [0.2, 0.25) is 0 Å². The second-order valence-corrected chi connectivity index (χ2v) is 5.98. The van der Waals surface area contributed by atoms with Crippen molar-refractivity contribution in [2.45, 2.75) is 6.92 Å². The lowest BCUT2D eigenvalue weighted by Crippen LogP contribution is -2.18. The number of nitrogens with zero attached hydrogens (tertiary/aromatic N) is 2. The first-order valence-corrected chi connectivity index (χ1v) is 8.57. The average molecular weight is 379 g/mol. The van der Waals surface area contributed by atoms with Crippen LogP contribution >= 0.6 is 0 Å². The molecule has 0 saturated carbocycles. The number of rotatable bonds is 6. The monoisotopic (exact) mass is 379 g/mol. The number of pyridine rings is 1. The number of amides is 1. The number of hydrogen-bond acceptors (Lipinski definition) is 6. The van der Waals surface area contributed by atoms with Crippen LogP contribution in [-0.2, 0) is 0 Å². The minimum absolute atomic E-state index is 0.322. The van der Waals surface area contributed by atoms with Crippen LogP contribution < -0.4 is 19.6 Å². The summed E-state index contributed by atoms with van der Waals surface area (Å²) in [6.45, 7) is 1.85. The molecule has 0 aliphatic carbocycles. The molecule has 144 valence electrons. The Labute approximate surface area is 162 Å². The predicted octanol–water partition coefficient (Wildman–Crippen LogP) is 3.33. The third-order valence-electron chi connectivity index (χ3n) is 4.19. The highest BCUT2D eigenvalue weighted by Crippen LogP contribution is 2.33. The van der Waals surface area contributed by atoms with Gasteiger partial charge in [-0.05, 0) is 25.1 Å². The molecule has 0 aliphatic heterocycles. The molecule has 0 fully saturated rings. The Balaban J connectivity index is 1.87. The maximum absolute atomic E-state index is 12.7. The van der Waals surface area contributed by atoms with Crippen LogP contribution in [0.2, 0.25) is 0 Å². The molecule has 1 aromatic heterocycles. The van der Waals surface area contributed by atoms with E-state index in [0.717, 1.165) is 16.6 Å². The number of aromatic nitrogens is 1. The number of ether oxygens (including phenoxy) is 3. The van der Waals surface area contributed by atoms with Crippen LogP contribution in [0.1, 0.15) is 21.6 Å². The number of aryl methyl sites for hydroxylation is 1. The van der Waals surface area contributed by atoms with Gasteiger partial charge >= 0.3 is 0 Å². The van der Waals surface area contributed by atoms with E-state index < -0.39 is 0 Å². The van der Waals surface area contributed by atoms with Crippen LogP contribution in [0.3, 0.4) is 0 Å². The maximum atomic E-state index is 12.7. The normalized spacial score (nSPS) is 10.9. The number of fused-ring (bicyclic) bond motifs is 1. The standard InChI is InChI=1S/C21H21N3O4/c1-13-9-16(15-7-5-6-8-17(15)23-13)21(25)24-22-12-14-10-19(27-3)20(28-4)11-18(14)26-2/h5-12H,1-4H3,(H,24,25)/b22-12+. The lowest BCUT2D eigenvalue weighted by atomic mass is 10.1. The lowest BCUT2D eigenvalue weighted by molar-refractivity contribution is 0.0956. The summed E-state index contributed by atoms with van der Waals surface area (Å²) in [5, 5.41) is 4.84. The summed E-state index contributed by atoms with van der Waals surface area (Å²) in [4.78, 5) is 17.1. The summed E-state index contributed by atoms with van der Waals surface area (Å²) < 4.78 is 15.9. The highest BCUT2D eigenvalue weighted by Gasteiger charge is 2.12. The maximum Gasteiger partial charge on any atom is 0.272 e. The van der Waals surface area contributed by atoms with Gasteiger partial charge in [-0.3, -0.25) is 9.78 Å². The quantitative estimate of drug-likeness (QED) is 0.525. The summed E-state index contributed by atoms with van der Waals surface area (Å²) in [7, 11) is 4.64. The molecule has 0 spiro atoms. The Kier molecular flexibility index (Phi) is 5.74. The highest BCUT2D eigenvalue weighted by atomic mass is 16.5. The first-order valence-electron chi connectivity index (χ1n) is 8.57. The smallest absolute Gasteiger partial charge is 0.272 e.